The van der Waals surface area contributed by atoms with Crippen LogP contribution in [0.5, 0.6) is 0 Å². The van der Waals surface area contributed by atoms with Crippen molar-refractivity contribution in [2.75, 3.05) is 4.90 Å². The number of carbonyl (C=O) groups is 3. The summed E-state index contributed by atoms with van der Waals surface area (Å²) in [6.07, 6.45) is 0. The van der Waals surface area contributed by atoms with Gasteiger partial charge in [-0.2, -0.15) is 0 Å². The Kier molecular flexibility index (Phi) is 10.4. The van der Waals surface area contributed by atoms with Crippen LogP contribution in [0.15, 0.2) is 21.5 Å². The summed E-state index contributed by atoms with van der Waals surface area (Å²) in [7, 11) is 0. The quantitative estimate of drug-likeness (QED) is 0.351. The molecule has 174 valence electrons. The number of thioether (sulfide) groups is 1. The van der Waals surface area contributed by atoms with Crippen molar-refractivity contribution in [2.45, 2.75) is 67.2 Å². The molecule has 4 nitrogen and oxygen atoms in total. The smallest absolute Gasteiger partial charge is 0.236 e. The Morgan fingerprint density at radius 2 is 1.23 bits per heavy atom. The SMILES string of the molecule is CC(C)C(C)C(=O)Sc1cc(N(C(=O)C(C)C(C)C)C(=O)C(C)C(C)C)c(F)cc1Br. The Morgan fingerprint density at radius 3 is 1.61 bits per heavy atom. The van der Waals surface area contributed by atoms with Crippen molar-refractivity contribution in [1.29, 1.82) is 0 Å². The second-order valence-corrected chi connectivity index (χ2v) is 11.2. The van der Waals surface area contributed by atoms with Gasteiger partial charge in [-0.25, -0.2) is 9.29 Å². The number of nitrogens with zero attached hydrogens (tertiary/aromatic N) is 1. The van der Waals surface area contributed by atoms with Crippen molar-refractivity contribution in [3.8, 4) is 0 Å². The van der Waals surface area contributed by atoms with Crippen molar-refractivity contribution in [3.63, 3.8) is 0 Å². The van der Waals surface area contributed by atoms with Crippen LogP contribution in [0.4, 0.5) is 10.1 Å². The first-order valence-electron chi connectivity index (χ1n) is 10.8. The van der Waals surface area contributed by atoms with E-state index >= 15 is 4.39 Å². The van der Waals surface area contributed by atoms with Crippen molar-refractivity contribution in [3.05, 3.63) is 22.4 Å². The molecule has 0 saturated carbocycles. The van der Waals surface area contributed by atoms with Gasteiger partial charge in [-0.1, -0.05) is 74.1 Å². The van der Waals surface area contributed by atoms with Crippen LogP contribution in [-0.4, -0.2) is 16.9 Å². The molecule has 0 N–H and O–H groups in total. The van der Waals surface area contributed by atoms with E-state index in [1.165, 1.54) is 12.1 Å². The summed E-state index contributed by atoms with van der Waals surface area (Å²) in [5.41, 5.74) is -0.106. The molecular formula is C24H35BrFNO3S. The highest BCUT2D eigenvalue weighted by Gasteiger charge is 2.35. The van der Waals surface area contributed by atoms with E-state index in [1.807, 2.05) is 48.5 Å². The van der Waals surface area contributed by atoms with E-state index in [4.69, 9.17) is 0 Å². The zero-order valence-electron chi connectivity index (χ0n) is 20.0. The fourth-order valence-corrected chi connectivity index (χ4v) is 4.13. The number of hydrogen-bond donors (Lipinski definition) is 0. The predicted molar refractivity (Wildman–Crippen MR) is 129 cm³/mol. The maximum atomic E-state index is 15.1. The summed E-state index contributed by atoms with van der Waals surface area (Å²) in [6.45, 7) is 16.8. The highest BCUT2D eigenvalue weighted by Crippen LogP contribution is 2.37. The van der Waals surface area contributed by atoms with Crippen LogP contribution in [-0.2, 0) is 14.4 Å². The minimum Gasteiger partial charge on any atom is -0.287 e. The third kappa shape index (κ3) is 6.88. The summed E-state index contributed by atoms with van der Waals surface area (Å²) < 4.78 is 15.5. The Labute approximate surface area is 198 Å². The molecule has 0 fully saturated rings. The molecule has 0 saturated heterocycles. The lowest BCUT2D eigenvalue weighted by Gasteiger charge is -2.30. The average Bonchev–Trinajstić information content (AvgIpc) is 2.68. The van der Waals surface area contributed by atoms with Crippen molar-refractivity contribution < 1.29 is 18.8 Å². The first-order valence-corrected chi connectivity index (χ1v) is 12.4. The molecule has 31 heavy (non-hydrogen) atoms. The lowest BCUT2D eigenvalue weighted by Crippen LogP contribution is -2.45. The van der Waals surface area contributed by atoms with E-state index in [0.717, 1.165) is 16.7 Å². The van der Waals surface area contributed by atoms with Gasteiger partial charge >= 0.3 is 0 Å². The molecule has 1 rings (SSSR count). The third-order valence-corrected chi connectivity index (χ3v) is 8.09. The van der Waals surface area contributed by atoms with Crippen LogP contribution in [0.1, 0.15) is 62.3 Å². The number of carbonyl (C=O) groups excluding carboxylic acids is 3. The predicted octanol–water partition coefficient (Wildman–Crippen LogP) is 6.94. The van der Waals surface area contributed by atoms with Crippen molar-refractivity contribution >= 4 is 50.3 Å². The minimum atomic E-state index is -0.686. The van der Waals surface area contributed by atoms with Crippen LogP contribution in [0.3, 0.4) is 0 Å². The van der Waals surface area contributed by atoms with E-state index in [9.17, 15) is 14.4 Å². The number of halogens is 2. The van der Waals surface area contributed by atoms with Gasteiger partial charge in [-0.3, -0.25) is 14.4 Å². The highest BCUT2D eigenvalue weighted by molar-refractivity contribution is 9.10. The van der Waals surface area contributed by atoms with Crippen LogP contribution in [0.25, 0.3) is 0 Å². The van der Waals surface area contributed by atoms with Crippen LogP contribution < -0.4 is 4.90 Å². The van der Waals surface area contributed by atoms with Gasteiger partial charge in [0, 0.05) is 27.1 Å². The van der Waals surface area contributed by atoms with Gasteiger partial charge in [0.15, 0.2) is 5.12 Å². The number of hydrogen-bond acceptors (Lipinski definition) is 4. The number of imide groups is 1. The third-order valence-electron chi connectivity index (χ3n) is 6.04. The lowest BCUT2D eigenvalue weighted by atomic mass is 9.93. The molecule has 7 heteroatoms. The fourth-order valence-electron chi connectivity index (χ4n) is 2.57. The standard InChI is InChI=1S/C24H35BrFNO3S/c1-12(2)15(7)22(28)27(23(29)16(8)13(3)4)20-11-21(18(25)10-19(20)26)31-24(30)17(9)14(5)6/h10-17H,1-9H3. The molecule has 0 aromatic heterocycles. The van der Waals surface area contributed by atoms with Crippen molar-refractivity contribution in [1.82, 2.24) is 0 Å². The minimum absolute atomic E-state index is 0.0158. The second-order valence-electron chi connectivity index (χ2n) is 9.27. The molecule has 3 atom stereocenters. The highest BCUT2D eigenvalue weighted by atomic mass is 79.9. The average molecular weight is 517 g/mol. The molecule has 0 aliphatic carbocycles. The normalized spacial score (nSPS) is 14.6. The first-order chi connectivity index (χ1) is 14.2. The topological polar surface area (TPSA) is 54.5 Å². The molecule has 3 unspecified atom stereocenters. The van der Waals surface area contributed by atoms with Gasteiger partial charge in [-0.15, -0.1) is 0 Å². The van der Waals surface area contributed by atoms with Crippen LogP contribution >= 0.6 is 27.7 Å². The second kappa shape index (κ2) is 11.6. The number of rotatable bonds is 8. The number of anilines is 1. The molecule has 0 radical (unpaired) electrons. The van der Waals surface area contributed by atoms with E-state index in [0.29, 0.717) is 9.37 Å². The monoisotopic (exact) mass is 515 g/mol. The zero-order chi connectivity index (χ0) is 24.2. The summed E-state index contributed by atoms with van der Waals surface area (Å²) in [5.74, 6) is -2.55. The van der Waals surface area contributed by atoms with Gasteiger partial charge in [0.25, 0.3) is 0 Å². The lowest BCUT2D eigenvalue weighted by molar-refractivity contribution is -0.131. The first kappa shape index (κ1) is 27.8. The van der Waals surface area contributed by atoms with E-state index in [2.05, 4.69) is 15.9 Å². The van der Waals surface area contributed by atoms with Gasteiger partial charge in [0.05, 0.1) is 5.69 Å². The molecule has 0 heterocycles. The Morgan fingerprint density at radius 1 is 0.806 bits per heavy atom. The molecule has 0 bridgehead atoms. The summed E-state index contributed by atoms with van der Waals surface area (Å²) in [5, 5.41) is -0.0523. The molecular weight excluding hydrogens is 481 g/mol. The summed E-state index contributed by atoms with van der Waals surface area (Å²) in [6, 6.07) is 2.66. The van der Waals surface area contributed by atoms with Gasteiger partial charge in [0.2, 0.25) is 11.8 Å². The van der Waals surface area contributed by atoms with Crippen LogP contribution in [0, 0.1) is 41.3 Å². The molecule has 1 aromatic rings. The van der Waals surface area contributed by atoms with E-state index < -0.39 is 29.5 Å². The molecule has 0 aliphatic rings. The number of benzene rings is 1. The maximum absolute atomic E-state index is 15.1. The largest absolute Gasteiger partial charge is 0.287 e. The molecule has 1 aromatic carbocycles. The van der Waals surface area contributed by atoms with E-state index in [-0.39, 0.29) is 34.5 Å². The number of amides is 2. The van der Waals surface area contributed by atoms with Gasteiger partial charge < -0.3 is 0 Å². The Hall–Kier alpha value is -1.21. The summed E-state index contributed by atoms with van der Waals surface area (Å²) in [4.78, 5) is 40.6. The van der Waals surface area contributed by atoms with E-state index in [1.54, 1.807) is 13.8 Å². The van der Waals surface area contributed by atoms with Crippen molar-refractivity contribution in [2.24, 2.45) is 35.5 Å². The van der Waals surface area contributed by atoms with Gasteiger partial charge in [0.1, 0.15) is 5.82 Å². The summed E-state index contributed by atoms with van der Waals surface area (Å²) >= 11 is 4.32. The van der Waals surface area contributed by atoms with Gasteiger partial charge in [-0.05, 0) is 45.8 Å². The zero-order valence-corrected chi connectivity index (χ0v) is 22.4. The maximum Gasteiger partial charge on any atom is 0.236 e. The Balaban J connectivity index is 3.55. The van der Waals surface area contributed by atoms with Crippen LogP contribution in [0.2, 0.25) is 0 Å². The molecule has 0 spiro atoms. The molecule has 2 amide bonds. The Bertz CT molecular complexity index is 799. The fraction of sp³-hybridized carbons (Fsp3) is 0.625. The molecule has 0 aliphatic heterocycles.